The number of pyridine rings is 1. The van der Waals surface area contributed by atoms with Crippen LogP contribution in [0.2, 0.25) is 0 Å². The quantitative estimate of drug-likeness (QED) is 0.836. The van der Waals surface area contributed by atoms with Crippen LogP contribution < -0.4 is 5.73 Å². The molecule has 0 saturated heterocycles. The van der Waals surface area contributed by atoms with Crippen molar-refractivity contribution in [2.45, 2.75) is 6.92 Å². The lowest BCUT2D eigenvalue weighted by Crippen LogP contribution is -2.34. The van der Waals surface area contributed by atoms with Crippen molar-refractivity contribution in [2.24, 2.45) is 5.73 Å². The highest BCUT2D eigenvalue weighted by molar-refractivity contribution is 5.98. The van der Waals surface area contributed by atoms with E-state index in [4.69, 9.17) is 5.73 Å². The van der Waals surface area contributed by atoms with Gasteiger partial charge < -0.3 is 10.6 Å². The minimum Gasteiger partial charge on any atom is -0.366 e. The molecule has 5 nitrogen and oxygen atoms in total. The van der Waals surface area contributed by atoms with Crippen molar-refractivity contribution < 1.29 is 9.59 Å². The maximum atomic E-state index is 12.1. The maximum absolute atomic E-state index is 12.1. The molecule has 2 N–H and O–H groups in total. The monoisotopic (exact) mass is 243 g/mol. The van der Waals surface area contributed by atoms with Crippen molar-refractivity contribution >= 4 is 11.8 Å². The normalized spacial score (nSPS) is 14.8. The van der Waals surface area contributed by atoms with E-state index in [1.165, 1.54) is 11.1 Å². The lowest BCUT2D eigenvalue weighted by atomic mass is 10.1. The van der Waals surface area contributed by atoms with Crippen LogP contribution >= 0.6 is 0 Å². The summed E-state index contributed by atoms with van der Waals surface area (Å²) < 4.78 is 0. The minimum atomic E-state index is -0.499. The van der Waals surface area contributed by atoms with Gasteiger partial charge in [-0.2, -0.15) is 0 Å². The van der Waals surface area contributed by atoms with E-state index in [0.29, 0.717) is 11.1 Å². The van der Waals surface area contributed by atoms with Gasteiger partial charge in [0, 0.05) is 24.2 Å². The molecule has 2 heterocycles. The molecule has 0 atom stereocenters. The van der Waals surface area contributed by atoms with Gasteiger partial charge in [0.2, 0.25) is 5.91 Å². The van der Waals surface area contributed by atoms with Gasteiger partial charge in [0.1, 0.15) is 0 Å². The van der Waals surface area contributed by atoms with Gasteiger partial charge in [0.15, 0.2) is 0 Å². The average Bonchev–Trinajstić information content (AvgIpc) is 2.39. The lowest BCUT2D eigenvalue weighted by Gasteiger charge is -2.23. The van der Waals surface area contributed by atoms with Gasteiger partial charge in [-0.1, -0.05) is 0 Å². The predicted molar refractivity (Wildman–Crippen MR) is 66.3 cm³/mol. The standard InChI is InChI=1S/C13H13N3O2/c1-9-4-6-16(8-11(9)12(14)17)13(18)10-3-2-5-15-7-10/h2-7H,8H2,1H3,(H2,14,17). The fourth-order valence-corrected chi connectivity index (χ4v) is 1.72. The molecule has 2 amide bonds. The number of carbonyl (C=O) groups is 2. The summed E-state index contributed by atoms with van der Waals surface area (Å²) in [6.07, 6.45) is 6.45. The van der Waals surface area contributed by atoms with Crippen molar-refractivity contribution in [3.05, 3.63) is 53.5 Å². The first kappa shape index (κ1) is 12.0. The molecule has 0 radical (unpaired) electrons. The first-order valence-electron chi connectivity index (χ1n) is 5.48. The minimum absolute atomic E-state index is 0.200. The van der Waals surface area contributed by atoms with Gasteiger partial charge in [-0.15, -0.1) is 0 Å². The molecule has 1 aliphatic heterocycles. The summed E-state index contributed by atoms with van der Waals surface area (Å²) in [5, 5.41) is 0. The first-order valence-corrected chi connectivity index (χ1v) is 5.48. The highest BCUT2D eigenvalue weighted by Crippen LogP contribution is 2.16. The number of nitrogens with zero attached hydrogens (tertiary/aromatic N) is 2. The molecule has 2 rings (SSSR count). The zero-order chi connectivity index (χ0) is 13.1. The van der Waals surface area contributed by atoms with Crippen molar-refractivity contribution in [3.8, 4) is 0 Å². The predicted octanol–water partition coefficient (Wildman–Crippen LogP) is 0.853. The molecule has 0 unspecified atom stereocenters. The lowest BCUT2D eigenvalue weighted by molar-refractivity contribution is -0.114. The third kappa shape index (κ3) is 2.29. The molecule has 0 fully saturated rings. The Bertz CT molecular complexity index is 547. The highest BCUT2D eigenvalue weighted by atomic mass is 16.2. The Morgan fingerprint density at radius 2 is 2.22 bits per heavy atom. The van der Waals surface area contributed by atoms with Gasteiger partial charge in [0.25, 0.3) is 5.91 Å². The van der Waals surface area contributed by atoms with Crippen LogP contribution in [-0.2, 0) is 4.79 Å². The van der Waals surface area contributed by atoms with Gasteiger partial charge in [-0.05, 0) is 30.7 Å². The summed E-state index contributed by atoms with van der Waals surface area (Å²) in [5.74, 6) is -0.702. The Morgan fingerprint density at radius 1 is 1.44 bits per heavy atom. The number of carbonyl (C=O) groups excluding carboxylic acids is 2. The molecule has 1 aromatic rings. The van der Waals surface area contributed by atoms with E-state index >= 15 is 0 Å². The van der Waals surface area contributed by atoms with Crippen molar-refractivity contribution in [3.63, 3.8) is 0 Å². The molecule has 18 heavy (non-hydrogen) atoms. The van der Waals surface area contributed by atoms with E-state index in [9.17, 15) is 9.59 Å². The second kappa shape index (κ2) is 4.83. The van der Waals surface area contributed by atoms with Crippen molar-refractivity contribution in [2.75, 3.05) is 6.54 Å². The Morgan fingerprint density at radius 3 is 2.83 bits per heavy atom. The molecular weight excluding hydrogens is 230 g/mol. The summed E-state index contributed by atoms with van der Waals surface area (Å²) in [7, 11) is 0. The van der Waals surface area contributed by atoms with Gasteiger partial charge in [0.05, 0.1) is 12.1 Å². The fraction of sp³-hybridized carbons (Fsp3) is 0.154. The molecule has 0 aliphatic carbocycles. The fourth-order valence-electron chi connectivity index (χ4n) is 1.72. The topological polar surface area (TPSA) is 76.3 Å². The third-order valence-electron chi connectivity index (χ3n) is 2.78. The zero-order valence-corrected chi connectivity index (χ0v) is 9.96. The number of rotatable bonds is 2. The highest BCUT2D eigenvalue weighted by Gasteiger charge is 2.21. The van der Waals surface area contributed by atoms with E-state index in [1.54, 1.807) is 37.5 Å². The summed E-state index contributed by atoms with van der Waals surface area (Å²) in [6.45, 7) is 1.99. The zero-order valence-electron chi connectivity index (χ0n) is 9.96. The summed E-state index contributed by atoms with van der Waals surface area (Å²) in [4.78, 5) is 28.7. The van der Waals surface area contributed by atoms with Crippen LogP contribution in [0.3, 0.4) is 0 Å². The van der Waals surface area contributed by atoms with Crippen LogP contribution in [0.4, 0.5) is 0 Å². The van der Waals surface area contributed by atoms with Crippen molar-refractivity contribution in [1.82, 2.24) is 9.88 Å². The maximum Gasteiger partial charge on any atom is 0.259 e. The number of primary amides is 1. The largest absolute Gasteiger partial charge is 0.366 e. The van der Waals surface area contributed by atoms with Gasteiger partial charge in [-0.3, -0.25) is 14.6 Å². The molecule has 1 aromatic heterocycles. The molecule has 1 aliphatic rings. The number of nitrogens with two attached hydrogens (primary N) is 1. The van der Waals surface area contributed by atoms with E-state index in [0.717, 1.165) is 5.57 Å². The smallest absolute Gasteiger partial charge is 0.259 e. The van der Waals surface area contributed by atoms with Crippen LogP contribution in [-0.4, -0.2) is 28.2 Å². The number of allylic oxidation sites excluding steroid dienone is 2. The number of aromatic nitrogens is 1. The Kier molecular flexibility index (Phi) is 3.23. The molecule has 0 bridgehead atoms. The summed E-state index contributed by atoms with van der Waals surface area (Å²) in [5.41, 5.74) is 7.00. The summed E-state index contributed by atoms with van der Waals surface area (Å²) >= 11 is 0. The Hall–Kier alpha value is -2.43. The summed E-state index contributed by atoms with van der Waals surface area (Å²) in [6, 6.07) is 3.37. The average molecular weight is 243 g/mol. The molecule has 0 spiro atoms. The molecular formula is C13H13N3O2. The van der Waals surface area contributed by atoms with Gasteiger partial charge in [-0.25, -0.2) is 0 Å². The SMILES string of the molecule is CC1=C(C(N)=O)CN(C(=O)c2cccnc2)C=C1. The number of hydrogen-bond donors (Lipinski definition) is 1. The molecule has 0 saturated carbocycles. The van der Waals surface area contributed by atoms with Crippen LogP contribution in [0.1, 0.15) is 17.3 Å². The third-order valence-corrected chi connectivity index (χ3v) is 2.78. The second-order valence-electron chi connectivity index (χ2n) is 4.02. The van der Waals surface area contributed by atoms with Crippen LogP contribution in [0, 0.1) is 0 Å². The van der Waals surface area contributed by atoms with Crippen LogP contribution in [0.25, 0.3) is 0 Å². The van der Waals surface area contributed by atoms with Gasteiger partial charge >= 0.3 is 0 Å². The molecule has 92 valence electrons. The first-order chi connectivity index (χ1) is 8.59. The number of amides is 2. The number of hydrogen-bond acceptors (Lipinski definition) is 3. The molecule has 5 heteroatoms. The van der Waals surface area contributed by atoms with Crippen LogP contribution in [0.15, 0.2) is 47.9 Å². The Balaban J connectivity index is 2.22. The van der Waals surface area contributed by atoms with E-state index in [2.05, 4.69) is 4.98 Å². The van der Waals surface area contributed by atoms with E-state index in [-0.39, 0.29) is 12.5 Å². The van der Waals surface area contributed by atoms with E-state index in [1.807, 2.05) is 0 Å². The van der Waals surface area contributed by atoms with E-state index < -0.39 is 5.91 Å². The van der Waals surface area contributed by atoms with Crippen LogP contribution in [0.5, 0.6) is 0 Å². The molecule has 0 aromatic carbocycles. The second-order valence-corrected chi connectivity index (χ2v) is 4.02. The Labute approximate surface area is 105 Å². The van der Waals surface area contributed by atoms with Crippen molar-refractivity contribution in [1.29, 1.82) is 0 Å².